The number of nitrogens with zero attached hydrogens (tertiary/aromatic N) is 1. The molecule has 0 aliphatic heterocycles. The normalized spacial score (nSPS) is 11.0. The van der Waals surface area contributed by atoms with Crippen molar-refractivity contribution in [3.63, 3.8) is 0 Å². The fourth-order valence-corrected chi connectivity index (χ4v) is 3.34. The number of nitrogens with one attached hydrogen (secondary N) is 1. The van der Waals surface area contributed by atoms with Gasteiger partial charge >= 0.3 is 5.97 Å². The fourth-order valence-electron chi connectivity index (χ4n) is 2.49. The number of ether oxygens (including phenoxy) is 1. The lowest BCUT2D eigenvalue weighted by Crippen LogP contribution is -2.37. The van der Waals surface area contributed by atoms with Gasteiger partial charge < -0.3 is 10.1 Å². The second kappa shape index (κ2) is 8.22. The van der Waals surface area contributed by atoms with Crippen molar-refractivity contribution in [2.24, 2.45) is 0 Å². The predicted octanol–water partition coefficient (Wildman–Crippen LogP) is 2.49. The monoisotopic (exact) mass is 390 g/mol. The Morgan fingerprint density at radius 2 is 1.70 bits per heavy atom. The summed E-state index contributed by atoms with van der Waals surface area (Å²) in [6, 6.07) is 11.3. The molecule has 0 aromatic heterocycles. The lowest BCUT2D eigenvalue weighted by Gasteiger charge is -2.22. The van der Waals surface area contributed by atoms with E-state index in [4.69, 9.17) is 0 Å². The molecule has 0 radical (unpaired) electrons. The van der Waals surface area contributed by atoms with Crippen LogP contribution in [0.15, 0.2) is 42.5 Å². The maximum Gasteiger partial charge on any atom is 0.337 e. The zero-order valence-electron chi connectivity index (χ0n) is 15.6. The molecule has 2 aromatic carbocycles. The molecule has 0 aliphatic carbocycles. The molecule has 0 saturated heterocycles. The first-order valence-corrected chi connectivity index (χ1v) is 10.0. The van der Waals surface area contributed by atoms with Crippen LogP contribution in [0.1, 0.15) is 21.5 Å². The van der Waals surface area contributed by atoms with Crippen molar-refractivity contribution in [3.8, 4) is 0 Å². The summed E-state index contributed by atoms with van der Waals surface area (Å²) < 4.78 is 29.9. The van der Waals surface area contributed by atoms with Crippen molar-refractivity contribution in [2.75, 3.05) is 29.5 Å². The van der Waals surface area contributed by atoms with Gasteiger partial charge in [0, 0.05) is 5.69 Å². The molecule has 1 amide bonds. The minimum absolute atomic E-state index is 0.279. The summed E-state index contributed by atoms with van der Waals surface area (Å²) in [7, 11) is -2.45. The Labute approximate surface area is 159 Å². The molecule has 0 fully saturated rings. The van der Waals surface area contributed by atoms with Crippen LogP contribution in [0.4, 0.5) is 11.4 Å². The Bertz CT molecular complexity index is 953. The van der Waals surface area contributed by atoms with Crippen LogP contribution in [0.3, 0.4) is 0 Å². The lowest BCUT2D eigenvalue weighted by molar-refractivity contribution is -0.114. The number of amides is 1. The van der Waals surface area contributed by atoms with Crippen LogP contribution >= 0.6 is 0 Å². The Hall–Kier alpha value is -2.87. The molecule has 1 N–H and O–H groups in total. The quantitative estimate of drug-likeness (QED) is 0.765. The highest BCUT2D eigenvalue weighted by molar-refractivity contribution is 7.92. The topological polar surface area (TPSA) is 92.8 Å². The first-order valence-electron chi connectivity index (χ1n) is 8.15. The number of aryl methyl sites for hydroxylation is 1. The minimum atomic E-state index is -3.71. The van der Waals surface area contributed by atoms with E-state index in [2.05, 4.69) is 10.1 Å². The number of esters is 1. The van der Waals surface area contributed by atoms with Gasteiger partial charge in [0.1, 0.15) is 6.54 Å². The molecule has 8 heteroatoms. The second-order valence-electron chi connectivity index (χ2n) is 6.10. The average Bonchev–Trinajstić information content (AvgIpc) is 2.62. The molecule has 0 spiro atoms. The predicted molar refractivity (Wildman–Crippen MR) is 105 cm³/mol. The van der Waals surface area contributed by atoms with Crippen LogP contribution in [-0.4, -0.2) is 40.2 Å². The fraction of sp³-hybridized carbons (Fsp3) is 0.263. The summed E-state index contributed by atoms with van der Waals surface area (Å²) in [5.74, 6) is -0.994. The maximum atomic E-state index is 12.4. The van der Waals surface area contributed by atoms with E-state index in [9.17, 15) is 18.0 Å². The molecule has 144 valence electrons. The van der Waals surface area contributed by atoms with Crippen molar-refractivity contribution >= 4 is 33.3 Å². The summed E-state index contributed by atoms with van der Waals surface area (Å²) in [5, 5.41) is 2.74. The van der Waals surface area contributed by atoms with Crippen molar-refractivity contribution < 1.29 is 22.7 Å². The molecule has 27 heavy (non-hydrogen) atoms. The summed E-state index contributed by atoms with van der Waals surface area (Å²) in [6.45, 7) is 3.42. The summed E-state index contributed by atoms with van der Waals surface area (Å²) >= 11 is 0. The van der Waals surface area contributed by atoms with Crippen LogP contribution in [0.2, 0.25) is 0 Å². The summed E-state index contributed by atoms with van der Waals surface area (Å²) in [5.41, 5.74) is 3.13. The van der Waals surface area contributed by atoms with E-state index in [0.717, 1.165) is 21.7 Å². The van der Waals surface area contributed by atoms with Crippen molar-refractivity contribution in [2.45, 2.75) is 13.8 Å². The third-order valence-electron chi connectivity index (χ3n) is 4.14. The number of rotatable bonds is 6. The molecular formula is C19H22N2O5S. The van der Waals surface area contributed by atoms with Gasteiger partial charge in [-0.15, -0.1) is 0 Å². The zero-order valence-corrected chi connectivity index (χ0v) is 16.5. The van der Waals surface area contributed by atoms with Gasteiger partial charge in [-0.3, -0.25) is 9.10 Å². The third-order valence-corrected chi connectivity index (χ3v) is 5.28. The number of anilines is 2. The van der Waals surface area contributed by atoms with E-state index >= 15 is 0 Å². The Morgan fingerprint density at radius 1 is 1.07 bits per heavy atom. The number of carbonyl (C=O) groups is 2. The van der Waals surface area contributed by atoms with Gasteiger partial charge in [0.25, 0.3) is 0 Å². The number of benzene rings is 2. The van der Waals surface area contributed by atoms with Crippen LogP contribution < -0.4 is 9.62 Å². The van der Waals surface area contributed by atoms with Gasteiger partial charge in [0.15, 0.2) is 0 Å². The van der Waals surface area contributed by atoms with E-state index in [0.29, 0.717) is 5.69 Å². The Kier molecular flexibility index (Phi) is 6.22. The van der Waals surface area contributed by atoms with Gasteiger partial charge in [-0.1, -0.05) is 12.1 Å². The highest BCUT2D eigenvalue weighted by Crippen LogP contribution is 2.21. The van der Waals surface area contributed by atoms with Crippen LogP contribution in [0.25, 0.3) is 0 Å². The molecule has 7 nitrogen and oxygen atoms in total. The number of methoxy groups -OCH3 is 1. The molecule has 0 bridgehead atoms. The van der Waals surface area contributed by atoms with E-state index in [1.54, 1.807) is 6.07 Å². The largest absolute Gasteiger partial charge is 0.465 e. The van der Waals surface area contributed by atoms with Crippen LogP contribution in [0, 0.1) is 13.8 Å². The van der Waals surface area contributed by atoms with E-state index in [1.165, 1.54) is 31.4 Å². The van der Waals surface area contributed by atoms with Gasteiger partial charge in [-0.25, -0.2) is 13.2 Å². The first kappa shape index (κ1) is 20.4. The molecule has 0 atom stereocenters. The van der Waals surface area contributed by atoms with E-state index < -0.39 is 21.9 Å². The van der Waals surface area contributed by atoms with Crippen molar-refractivity contribution in [1.29, 1.82) is 0 Å². The molecule has 0 heterocycles. The van der Waals surface area contributed by atoms with E-state index in [-0.39, 0.29) is 17.8 Å². The maximum absolute atomic E-state index is 12.4. The van der Waals surface area contributed by atoms with Crippen molar-refractivity contribution in [3.05, 3.63) is 59.2 Å². The standard InChI is InChI=1S/C19H22N2O5S/c1-13-6-5-7-17(14(13)2)20-18(22)12-21(27(4,24)25)16-10-8-15(9-11-16)19(23)26-3/h5-11H,12H2,1-4H3,(H,20,22). The van der Waals surface area contributed by atoms with Gasteiger partial charge in [0.2, 0.25) is 15.9 Å². The SMILES string of the molecule is COC(=O)c1ccc(N(CC(=O)Nc2cccc(C)c2C)S(C)(=O)=O)cc1. The second-order valence-corrected chi connectivity index (χ2v) is 8.01. The van der Waals surface area contributed by atoms with Gasteiger partial charge in [-0.05, 0) is 55.3 Å². The molecule has 0 unspecified atom stereocenters. The van der Waals surface area contributed by atoms with E-state index in [1.807, 2.05) is 26.0 Å². The van der Waals surface area contributed by atoms with Crippen molar-refractivity contribution in [1.82, 2.24) is 0 Å². The van der Waals surface area contributed by atoms with Crippen LogP contribution in [-0.2, 0) is 19.6 Å². The van der Waals surface area contributed by atoms with Crippen LogP contribution in [0.5, 0.6) is 0 Å². The number of hydrogen-bond donors (Lipinski definition) is 1. The molecular weight excluding hydrogens is 368 g/mol. The molecule has 2 aromatic rings. The van der Waals surface area contributed by atoms with Gasteiger partial charge in [0.05, 0.1) is 24.6 Å². The number of hydrogen-bond acceptors (Lipinski definition) is 5. The summed E-state index contributed by atoms with van der Waals surface area (Å²) in [6.07, 6.45) is 1.02. The number of carbonyl (C=O) groups excluding carboxylic acids is 2. The zero-order chi connectivity index (χ0) is 20.2. The Balaban J connectivity index is 2.23. The highest BCUT2D eigenvalue weighted by atomic mass is 32.2. The Morgan fingerprint density at radius 3 is 2.26 bits per heavy atom. The third kappa shape index (κ3) is 5.07. The smallest absolute Gasteiger partial charge is 0.337 e. The highest BCUT2D eigenvalue weighted by Gasteiger charge is 2.21. The first-order chi connectivity index (χ1) is 12.6. The summed E-state index contributed by atoms with van der Waals surface area (Å²) in [4.78, 5) is 24.0. The molecule has 0 saturated carbocycles. The van der Waals surface area contributed by atoms with Gasteiger partial charge in [-0.2, -0.15) is 0 Å². The minimum Gasteiger partial charge on any atom is -0.465 e. The number of sulfonamides is 1. The molecule has 2 rings (SSSR count). The average molecular weight is 390 g/mol. The lowest BCUT2D eigenvalue weighted by atomic mass is 10.1. The molecule has 0 aliphatic rings.